The van der Waals surface area contributed by atoms with E-state index in [1.165, 1.54) is 12.1 Å². The van der Waals surface area contributed by atoms with E-state index in [4.69, 9.17) is 14.6 Å². The van der Waals surface area contributed by atoms with E-state index in [-0.39, 0.29) is 12.2 Å². The first-order valence-electron chi connectivity index (χ1n) is 6.26. The second kappa shape index (κ2) is 5.03. The third kappa shape index (κ3) is 3.20. The highest BCUT2D eigenvalue weighted by atomic mass is 16.6. The largest absolute Gasteiger partial charge is 0.491 e. The fourth-order valence-electron chi connectivity index (χ4n) is 1.92. The van der Waals surface area contributed by atoms with Crippen LogP contribution in [0.1, 0.15) is 42.7 Å². The van der Waals surface area contributed by atoms with Gasteiger partial charge in [-0.25, -0.2) is 9.59 Å². The highest BCUT2D eigenvalue weighted by molar-refractivity contribution is 5.88. The molecule has 1 atom stereocenters. The van der Waals surface area contributed by atoms with E-state index in [1.54, 1.807) is 26.8 Å². The van der Waals surface area contributed by atoms with Crippen molar-refractivity contribution < 1.29 is 24.2 Å². The van der Waals surface area contributed by atoms with Gasteiger partial charge in [0.2, 0.25) is 0 Å². The van der Waals surface area contributed by atoms with Gasteiger partial charge in [-0.3, -0.25) is 0 Å². The summed E-state index contributed by atoms with van der Waals surface area (Å²) in [5.41, 5.74) is 0.218. The van der Waals surface area contributed by atoms with Crippen molar-refractivity contribution in [2.75, 3.05) is 6.61 Å². The molecule has 1 aromatic carbocycles. The molecule has 0 aromatic heterocycles. The maximum atomic E-state index is 11.7. The van der Waals surface area contributed by atoms with Crippen molar-refractivity contribution in [3.05, 3.63) is 29.3 Å². The zero-order chi connectivity index (χ0) is 14.9. The van der Waals surface area contributed by atoms with Gasteiger partial charge < -0.3 is 19.9 Å². The van der Waals surface area contributed by atoms with Crippen LogP contribution in [-0.2, 0) is 4.74 Å². The normalized spacial score (nSPS) is 17.1. The van der Waals surface area contributed by atoms with Gasteiger partial charge >= 0.3 is 12.1 Å². The van der Waals surface area contributed by atoms with E-state index in [2.05, 4.69) is 5.32 Å². The number of alkyl carbamates (subject to hydrolysis) is 1. The van der Waals surface area contributed by atoms with Gasteiger partial charge in [-0.05, 0) is 39.0 Å². The first kappa shape index (κ1) is 14.2. The molecule has 2 N–H and O–H groups in total. The molecule has 0 saturated carbocycles. The fraction of sp³-hybridized carbons (Fsp3) is 0.429. The molecule has 0 unspecified atom stereocenters. The van der Waals surface area contributed by atoms with Crippen LogP contribution < -0.4 is 10.1 Å². The number of carbonyl (C=O) groups is 2. The van der Waals surface area contributed by atoms with E-state index < -0.39 is 23.7 Å². The van der Waals surface area contributed by atoms with Crippen LogP contribution in [0.4, 0.5) is 4.79 Å². The molecule has 1 aliphatic rings. The lowest BCUT2D eigenvalue weighted by molar-refractivity contribution is 0.0496. The predicted octanol–water partition coefficient (Wildman–Crippen LogP) is 2.34. The third-order valence-electron chi connectivity index (χ3n) is 2.73. The van der Waals surface area contributed by atoms with Crippen molar-refractivity contribution >= 4 is 12.1 Å². The van der Waals surface area contributed by atoms with Crippen LogP contribution in [0.25, 0.3) is 0 Å². The Balaban J connectivity index is 2.13. The van der Waals surface area contributed by atoms with E-state index in [0.29, 0.717) is 11.3 Å². The van der Waals surface area contributed by atoms with Crippen LogP contribution in [0, 0.1) is 0 Å². The molecule has 20 heavy (non-hydrogen) atoms. The van der Waals surface area contributed by atoms with Gasteiger partial charge in [0.1, 0.15) is 18.0 Å². The molecule has 1 amide bonds. The molecule has 0 fully saturated rings. The summed E-state index contributed by atoms with van der Waals surface area (Å²) in [6.45, 7) is 5.58. The monoisotopic (exact) mass is 279 g/mol. The average Bonchev–Trinajstić information content (AvgIpc) is 2.69. The third-order valence-corrected chi connectivity index (χ3v) is 2.73. The maximum absolute atomic E-state index is 11.7. The van der Waals surface area contributed by atoms with E-state index >= 15 is 0 Å². The first-order chi connectivity index (χ1) is 9.26. The Morgan fingerprint density at radius 3 is 2.70 bits per heavy atom. The Hall–Kier alpha value is -2.24. The molecule has 1 heterocycles. The summed E-state index contributed by atoms with van der Waals surface area (Å²) in [5.74, 6) is -0.438. The second-order valence-corrected chi connectivity index (χ2v) is 5.57. The van der Waals surface area contributed by atoms with E-state index in [1.807, 2.05) is 0 Å². The Labute approximate surface area is 116 Å². The Morgan fingerprint density at radius 2 is 2.10 bits per heavy atom. The SMILES string of the molecule is CC(C)(C)OC(=O)N[C@@H]1COc2ccc(C(=O)O)cc21. The molecule has 0 spiro atoms. The van der Waals surface area contributed by atoms with Crippen LogP contribution in [-0.4, -0.2) is 29.4 Å². The van der Waals surface area contributed by atoms with Gasteiger partial charge in [0, 0.05) is 5.56 Å². The molecular weight excluding hydrogens is 262 g/mol. The second-order valence-electron chi connectivity index (χ2n) is 5.57. The smallest absolute Gasteiger partial charge is 0.408 e. The summed E-state index contributed by atoms with van der Waals surface area (Å²) in [6.07, 6.45) is -0.556. The summed E-state index contributed by atoms with van der Waals surface area (Å²) in [4.78, 5) is 22.7. The van der Waals surface area contributed by atoms with Crippen molar-refractivity contribution in [3.8, 4) is 5.75 Å². The van der Waals surface area contributed by atoms with Crippen molar-refractivity contribution in [3.63, 3.8) is 0 Å². The Bertz CT molecular complexity index is 547. The summed E-state index contributed by atoms with van der Waals surface area (Å²) < 4.78 is 10.6. The summed E-state index contributed by atoms with van der Waals surface area (Å²) in [5, 5.41) is 11.7. The molecular formula is C14H17NO5. The van der Waals surface area contributed by atoms with Crippen LogP contribution >= 0.6 is 0 Å². The molecule has 0 bridgehead atoms. The number of nitrogens with one attached hydrogen (secondary N) is 1. The number of carboxylic acid groups (broad SMARTS) is 1. The Morgan fingerprint density at radius 1 is 1.40 bits per heavy atom. The van der Waals surface area contributed by atoms with Gasteiger partial charge in [0.25, 0.3) is 0 Å². The molecule has 6 nitrogen and oxygen atoms in total. The summed E-state index contributed by atoms with van der Waals surface area (Å²) >= 11 is 0. The number of hydrogen-bond donors (Lipinski definition) is 2. The van der Waals surface area contributed by atoms with E-state index in [9.17, 15) is 9.59 Å². The van der Waals surface area contributed by atoms with E-state index in [0.717, 1.165) is 0 Å². The first-order valence-corrected chi connectivity index (χ1v) is 6.26. The number of fused-ring (bicyclic) bond motifs is 1. The van der Waals surface area contributed by atoms with Crippen LogP contribution in [0.5, 0.6) is 5.75 Å². The maximum Gasteiger partial charge on any atom is 0.408 e. The lowest BCUT2D eigenvalue weighted by atomic mass is 10.1. The molecule has 1 aromatic rings. The van der Waals surface area contributed by atoms with Crippen LogP contribution in [0.2, 0.25) is 0 Å². The van der Waals surface area contributed by atoms with Gasteiger partial charge in [-0.2, -0.15) is 0 Å². The number of amides is 1. The number of carboxylic acids is 1. The minimum Gasteiger partial charge on any atom is -0.491 e. The van der Waals surface area contributed by atoms with Crippen molar-refractivity contribution in [2.24, 2.45) is 0 Å². The lowest BCUT2D eigenvalue weighted by Crippen LogP contribution is -2.35. The molecule has 108 valence electrons. The Kier molecular flexibility index (Phi) is 3.57. The summed E-state index contributed by atoms with van der Waals surface area (Å²) in [6, 6.07) is 4.17. The van der Waals surface area contributed by atoms with Crippen LogP contribution in [0.15, 0.2) is 18.2 Å². The molecule has 0 radical (unpaired) electrons. The van der Waals surface area contributed by atoms with Gasteiger partial charge in [0.05, 0.1) is 11.6 Å². The minimum atomic E-state index is -1.02. The molecule has 1 aliphatic heterocycles. The molecule has 0 saturated heterocycles. The van der Waals surface area contributed by atoms with Gasteiger partial charge in [-0.15, -0.1) is 0 Å². The summed E-state index contributed by atoms with van der Waals surface area (Å²) in [7, 11) is 0. The molecule has 2 rings (SSSR count). The topological polar surface area (TPSA) is 84.9 Å². The zero-order valence-corrected chi connectivity index (χ0v) is 11.6. The number of rotatable bonds is 2. The lowest BCUT2D eigenvalue weighted by Gasteiger charge is -2.21. The highest BCUT2D eigenvalue weighted by Gasteiger charge is 2.28. The van der Waals surface area contributed by atoms with Crippen LogP contribution in [0.3, 0.4) is 0 Å². The van der Waals surface area contributed by atoms with Crippen molar-refractivity contribution in [1.82, 2.24) is 5.32 Å². The quantitative estimate of drug-likeness (QED) is 0.868. The number of ether oxygens (including phenoxy) is 2. The molecule has 6 heteroatoms. The number of hydrogen-bond acceptors (Lipinski definition) is 4. The zero-order valence-electron chi connectivity index (χ0n) is 11.6. The number of aromatic carboxylic acids is 1. The van der Waals surface area contributed by atoms with Gasteiger partial charge in [0.15, 0.2) is 0 Å². The van der Waals surface area contributed by atoms with Crippen molar-refractivity contribution in [2.45, 2.75) is 32.4 Å². The predicted molar refractivity (Wildman–Crippen MR) is 71.0 cm³/mol. The molecule has 0 aliphatic carbocycles. The minimum absolute atomic E-state index is 0.158. The average molecular weight is 279 g/mol. The fourth-order valence-corrected chi connectivity index (χ4v) is 1.92. The standard InChI is InChI=1S/C14H17NO5/c1-14(2,3)20-13(18)15-10-7-19-11-5-4-8(12(16)17)6-9(10)11/h4-6,10H,7H2,1-3H3,(H,15,18)(H,16,17)/t10-/m1/s1. The van der Waals surface area contributed by atoms with Gasteiger partial charge in [-0.1, -0.05) is 0 Å². The number of carbonyl (C=O) groups excluding carboxylic acids is 1. The van der Waals surface area contributed by atoms with Crippen molar-refractivity contribution in [1.29, 1.82) is 0 Å². The highest BCUT2D eigenvalue weighted by Crippen LogP contribution is 2.33. The number of benzene rings is 1.